The van der Waals surface area contributed by atoms with Gasteiger partial charge in [0.05, 0.1) is 6.26 Å². The van der Waals surface area contributed by atoms with E-state index in [2.05, 4.69) is 109 Å². The van der Waals surface area contributed by atoms with Gasteiger partial charge in [0, 0.05) is 64.8 Å². The maximum Gasteiger partial charge on any atom is 0.104 e. The Hall–Kier alpha value is -4.06. The maximum absolute atomic E-state index is 5.67. The second kappa shape index (κ2) is 12.5. The van der Waals surface area contributed by atoms with Crippen molar-refractivity contribution in [3.8, 4) is 0 Å². The summed E-state index contributed by atoms with van der Waals surface area (Å²) < 4.78 is 5.67. The molecule has 7 heterocycles. The molecule has 11 rings (SSSR count). The van der Waals surface area contributed by atoms with Crippen LogP contribution >= 0.6 is 0 Å². The lowest BCUT2D eigenvalue weighted by atomic mass is 9.77. The molecule has 6 unspecified atom stereocenters. The summed E-state index contributed by atoms with van der Waals surface area (Å²) >= 11 is 0. The molecule has 0 spiro atoms. The van der Waals surface area contributed by atoms with E-state index < -0.39 is 0 Å². The number of aromatic nitrogens is 2. The molecule has 3 aromatic carbocycles. The average molecular weight is 691 g/mol. The monoisotopic (exact) mass is 690 g/mol. The highest BCUT2D eigenvalue weighted by Gasteiger charge is 2.39. The normalized spacial score (nSPS) is 23.4. The Morgan fingerprint density at radius 2 is 1.62 bits per heavy atom. The number of likely N-dealkylation sites (N-methyl/N-ethyl adjacent to an activating group) is 1. The van der Waals surface area contributed by atoms with Crippen LogP contribution in [0.4, 0.5) is 0 Å². The summed E-state index contributed by atoms with van der Waals surface area (Å²) in [4.78, 5) is 13.1. The number of fused-ring (bicyclic) bond motifs is 9. The lowest BCUT2D eigenvalue weighted by Gasteiger charge is -2.43. The van der Waals surface area contributed by atoms with E-state index >= 15 is 0 Å². The minimum Gasteiger partial charge on any atom is -0.469 e. The molecule has 2 fully saturated rings. The molecule has 3 aromatic heterocycles. The van der Waals surface area contributed by atoms with Gasteiger partial charge in [-0.1, -0.05) is 55.8 Å². The molecule has 5 heteroatoms. The Labute approximate surface area is 308 Å². The first-order valence-corrected chi connectivity index (χ1v) is 20.1. The van der Waals surface area contributed by atoms with Gasteiger partial charge in [0.2, 0.25) is 0 Å². The Bertz CT molecular complexity index is 2300. The number of H-pyrrole nitrogens is 2. The number of aryl methyl sites for hydroxylation is 3. The minimum atomic E-state index is 0.444. The van der Waals surface area contributed by atoms with E-state index in [9.17, 15) is 0 Å². The minimum absolute atomic E-state index is 0.444. The van der Waals surface area contributed by atoms with Crippen molar-refractivity contribution in [3.05, 3.63) is 128 Å². The Morgan fingerprint density at radius 3 is 2.42 bits per heavy atom. The molecule has 5 aliphatic rings. The van der Waals surface area contributed by atoms with Gasteiger partial charge in [0.25, 0.3) is 0 Å². The summed E-state index contributed by atoms with van der Waals surface area (Å²) in [6, 6.07) is 22.2. The fourth-order valence-corrected chi connectivity index (χ4v) is 11.1. The van der Waals surface area contributed by atoms with Crippen LogP contribution in [0.25, 0.3) is 21.8 Å². The lowest BCUT2D eigenvalue weighted by molar-refractivity contribution is 0.143. The van der Waals surface area contributed by atoms with Gasteiger partial charge >= 0.3 is 0 Å². The van der Waals surface area contributed by atoms with Crippen molar-refractivity contribution in [2.45, 2.75) is 109 Å². The first-order valence-electron chi connectivity index (χ1n) is 20.1. The van der Waals surface area contributed by atoms with E-state index in [0.717, 1.165) is 38.0 Å². The van der Waals surface area contributed by atoms with Crippen molar-refractivity contribution in [2.75, 3.05) is 26.7 Å². The van der Waals surface area contributed by atoms with Crippen LogP contribution in [-0.4, -0.2) is 46.4 Å². The first kappa shape index (κ1) is 32.6. The summed E-state index contributed by atoms with van der Waals surface area (Å²) in [6.45, 7) is 13.9. The smallest absolute Gasteiger partial charge is 0.104 e. The number of hydrogen-bond donors (Lipinski definition) is 2. The Kier molecular flexibility index (Phi) is 7.85. The molecular weight excluding hydrogens is 637 g/mol. The van der Waals surface area contributed by atoms with Gasteiger partial charge in [0.15, 0.2) is 0 Å². The summed E-state index contributed by atoms with van der Waals surface area (Å²) in [5, 5.41) is 2.98. The number of piperidine rings is 1. The van der Waals surface area contributed by atoms with E-state index in [-0.39, 0.29) is 0 Å². The van der Waals surface area contributed by atoms with Crippen LogP contribution in [0.1, 0.15) is 136 Å². The molecule has 6 atom stereocenters. The molecule has 4 bridgehead atoms. The van der Waals surface area contributed by atoms with E-state index in [1.807, 2.05) is 6.26 Å². The predicted octanol–water partition coefficient (Wildman–Crippen LogP) is 10.7. The van der Waals surface area contributed by atoms with Crippen molar-refractivity contribution in [2.24, 2.45) is 0 Å². The van der Waals surface area contributed by atoms with Gasteiger partial charge in [-0.05, 0) is 153 Å². The highest BCUT2D eigenvalue weighted by atomic mass is 16.3. The maximum atomic E-state index is 5.67. The lowest BCUT2D eigenvalue weighted by Crippen LogP contribution is -2.39. The molecule has 0 radical (unpaired) electrons. The summed E-state index contributed by atoms with van der Waals surface area (Å²) in [5.74, 6) is 3.30. The standard InChI is InChI=1S/C47H54N4O/c1-27-18-37(46-39(19-27)44-35-12-13-42(47(44)49-46)50(5)24-35)20-29(3)33-10-7-31(8-11-33)21-32-22-34(9-6-28(2)38-15-17-52-30(38)4)45-40(23-32)43-36-14-16-51(25-36)26-41(43)48-45/h7-8,10-11,15,17-19,22-23,28-29,35-36,42,48-49H,6,9,12-14,16,20-21,24-26H2,1-5H3. The molecular formula is C47H54N4O. The van der Waals surface area contributed by atoms with Crippen LogP contribution in [0.2, 0.25) is 0 Å². The molecule has 4 aliphatic heterocycles. The number of aromatic amines is 2. The van der Waals surface area contributed by atoms with Gasteiger partial charge in [-0.2, -0.15) is 0 Å². The number of nitrogens with zero attached hydrogens (tertiary/aromatic N) is 2. The zero-order valence-corrected chi connectivity index (χ0v) is 31.7. The molecule has 2 saturated heterocycles. The molecule has 0 saturated carbocycles. The summed E-state index contributed by atoms with van der Waals surface area (Å²) in [6.07, 6.45) is 9.93. The molecule has 268 valence electrons. The largest absolute Gasteiger partial charge is 0.469 e. The van der Waals surface area contributed by atoms with E-state index in [1.165, 1.54) is 111 Å². The number of nitrogens with one attached hydrogen (secondary N) is 2. The number of hydrogen-bond acceptors (Lipinski definition) is 3. The van der Waals surface area contributed by atoms with Crippen molar-refractivity contribution in [1.82, 2.24) is 19.8 Å². The van der Waals surface area contributed by atoms with Crippen LogP contribution in [0.15, 0.2) is 65.3 Å². The van der Waals surface area contributed by atoms with Crippen LogP contribution < -0.4 is 0 Å². The third kappa shape index (κ3) is 5.41. The van der Waals surface area contributed by atoms with Crippen molar-refractivity contribution in [3.63, 3.8) is 0 Å². The fourth-order valence-electron chi connectivity index (χ4n) is 11.1. The first-order chi connectivity index (χ1) is 25.3. The third-order valence-corrected chi connectivity index (χ3v) is 13.8. The van der Waals surface area contributed by atoms with Gasteiger partial charge < -0.3 is 14.4 Å². The molecule has 6 aromatic rings. The summed E-state index contributed by atoms with van der Waals surface area (Å²) in [5.41, 5.74) is 18.9. The number of rotatable bonds is 9. The topological polar surface area (TPSA) is 51.2 Å². The molecule has 5 nitrogen and oxygen atoms in total. The van der Waals surface area contributed by atoms with Crippen molar-refractivity contribution < 1.29 is 4.42 Å². The van der Waals surface area contributed by atoms with E-state index in [0.29, 0.717) is 29.7 Å². The Morgan fingerprint density at radius 1 is 0.808 bits per heavy atom. The molecule has 2 N–H and O–H groups in total. The quantitative estimate of drug-likeness (QED) is 0.159. The van der Waals surface area contributed by atoms with Gasteiger partial charge in [-0.15, -0.1) is 0 Å². The van der Waals surface area contributed by atoms with Crippen LogP contribution in [0.5, 0.6) is 0 Å². The molecule has 1 aliphatic carbocycles. The highest BCUT2D eigenvalue weighted by molar-refractivity contribution is 5.90. The number of benzene rings is 3. The van der Waals surface area contributed by atoms with Gasteiger partial charge in [0.1, 0.15) is 5.76 Å². The van der Waals surface area contributed by atoms with Crippen LogP contribution in [-0.2, 0) is 25.8 Å². The van der Waals surface area contributed by atoms with Crippen LogP contribution in [0, 0.1) is 13.8 Å². The van der Waals surface area contributed by atoms with Crippen molar-refractivity contribution in [1.29, 1.82) is 0 Å². The fraction of sp³-hybridized carbons (Fsp3) is 0.447. The van der Waals surface area contributed by atoms with Gasteiger partial charge in [-0.3, -0.25) is 9.80 Å². The zero-order chi connectivity index (χ0) is 35.2. The highest BCUT2D eigenvalue weighted by Crippen LogP contribution is 2.49. The SMILES string of the molecule is Cc1cc(CC(C)c2ccc(Cc3cc(CCC(C)c4ccoc4C)c4[nH]c5c(c4c3)C3CCN(C5)C3)cc2)c2[nH]c3c(c2c1)C1CCC3N(C)C1. The Balaban J connectivity index is 0.914. The van der Waals surface area contributed by atoms with Gasteiger partial charge in [-0.25, -0.2) is 0 Å². The molecule has 52 heavy (non-hydrogen) atoms. The third-order valence-electron chi connectivity index (χ3n) is 13.8. The predicted molar refractivity (Wildman–Crippen MR) is 213 cm³/mol. The van der Waals surface area contributed by atoms with E-state index in [4.69, 9.17) is 4.42 Å². The second-order valence-corrected chi connectivity index (χ2v) is 17.3. The van der Waals surface area contributed by atoms with E-state index in [1.54, 1.807) is 11.1 Å². The second-order valence-electron chi connectivity index (χ2n) is 17.3. The van der Waals surface area contributed by atoms with Crippen molar-refractivity contribution >= 4 is 21.8 Å². The average Bonchev–Trinajstić information content (AvgIpc) is 3.92. The summed E-state index contributed by atoms with van der Waals surface area (Å²) in [7, 11) is 2.31. The number of furan rings is 1. The molecule has 0 amide bonds. The zero-order valence-electron chi connectivity index (χ0n) is 31.7. The van der Waals surface area contributed by atoms with Crippen LogP contribution in [0.3, 0.4) is 0 Å².